The lowest BCUT2D eigenvalue weighted by molar-refractivity contribution is 0.0263. The van der Waals surface area contributed by atoms with Gasteiger partial charge in [0.05, 0.1) is 0 Å². The van der Waals surface area contributed by atoms with E-state index >= 15 is 0 Å². The molecule has 5 nitrogen and oxygen atoms in total. The number of amides is 1. The highest BCUT2D eigenvalue weighted by Gasteiger charge is 2.25. The molecule has 0 N–H and O–H groups in total. The Labute approximate surface area is 188 Å². The number of fused-ring (bicyclic) bond motifs is 1. The molecule has 1 aliphatic heterocycles. The quantitative estimate of drug-likeness (QED) is 0.518. The Morgan fingerprint density at radius 1 is 0.968 bits per heavy atom. The molecule has 1 aromatic heterocycles. The van der Waals surface area contributed by atoms with Crippen LogP contribution in [0.2, 0.25) is 0 Å². The maximum absolute atomic E-state index is 12.5. The molecule has 162 valence electrons. The third-order valence-corrected chi connectivity index (χ3v) is 6.14. The molecule has 3 aromatic rings. The number of rotatable bonds is 3. The van der Waals surface area contributed by atoms with Gasteiger partial charge in [-0.05, 0) is 62.9 Å². The number of pyridine rings is 1. The summed E-state index contributed by atoms with van der Waals surface area (Å²) in [4.78, 5) is 23.8. The molecule has 0 radical (unpaired) electrons. The lowest BCUT2D eigenvalue weighted by Crippen LogP contribution is -2.39. The van der Waals surface area contributed by atoms with E-state index in [1.54, 1.807) is 11.8 Å². The van der Waals surface area contributed by atoms with Crippen LogP contribution in [-0.4, -0.2) is 47.8 Å². The van der Waals surface area contributed by atoms with Gasteiger partial charge in [0.2, 0.25) is 0 Å². The van der Waals surface area contributed by atoms with E-state index in [-0.39, 0.29) is 6.09 Å². The van der Waals surface area contributed by atoms with E-state index in [1.165, 1.54) is 15.2 Å². The first-order chi connectivity index (χ1) is 14.9. The standard InChI is InChI=1S/C25H29N3O2S/c1-25(2,3)30-24(29)28-15-7-14-27(16-17-28)23-22-18-21(11-10-19(22)12-13-26-23)31-20-8-5-4-6-9-20/h4-6,8-13,18H,7,14-17H2,1-3H3. The number of carbonyl (C=O) groups excluding carboxylic acids is 1. The van der Waals surface area contributed by atoms with Gasteiger partial charge in [-0.1, -0.05) is 36.0 Å². The van der Waals surface area contributed by atoms with Crippen molar-refractivity contribution in [3.8, 4) is 0 Å². The Kier molecular flexibility index (Phi) is 6.37. The smallest absolute Gasteiger partial charge is 0.410 e. The van der Waals surface area contributed by atoms with Crippen molar-refractivity contribution in [1.29, 1.82) is 0 Å². The molecule has 2 aromatic carbocycles. The Balaban J connectivity index is 1.54. The Hall–Kier alpha value is -2.73. The molecule has 1 aliphatic rings. The molecule has 1 saturated heterocycles. The Morgan fingerprint density at radius 3 is 2.55 bits per heavy atom. The highest BCUT2D eigenvalue weighted by Crippen LogP contribution is 2.33. The Morgan fingerprint density at radius 2 is 1.77 bits per heavy atom. The predicted octanol–water partition coefficient (Wildman–Crippen LogP) is 5.83. The minimum atomic E-state index is -0.479. The van der Waals surface area contributed by atoms with Crippen LogP contribution >= 0.6 is 11.8 Å². The fourth-order valence-electron chi connectivity index (χ4n) is 3.71. The van der Waals surface area contributed by atoms with E-state index in [1.807, 2.05) is 37.9 Å². The van der Waals surface area contributed by atoms with Crippen LogP contribution in [-0.2, 0) is 4.74 Å². The zero-order valence-corrected chi connectivity index (χ0v) is 19.2. The van der Waals surface area contributed by atoms with E-state index < -0.39 is 5.60 Å². The first kappa shape index (κ1) is 21.5. The second kappa shape index (κ2) is 9.18. The number of aromatic nitrogens is 1. The van der Waals surface area contributed by atoms with Gasteiger partial charge in [0.1, 0.15) is 11.4 Å². The van der Waals surface area contributed by atoms with Gasteiger partial charge >= 0.3 is 6.09 Å². The fraction of sp³-hybridized carbons (Fsp3) is 0.360. The topological polar surface area (TPSA) is 45.7 Å². The third-order valence-electron chi connectivity index (χ3n) is 5.14. The summed E-state index contributed by atoms with van der Waals surface area (Å²) in [6, 6.07) is 19.0. The molecule has 31 heavy (non-hydrogen) atoms. The molecule has 0 unspecified atom stereocenters. The molecule has 0 bridgehead atoms. The highest BCUT2D eigenvalue weighted by molar-refractivity contribution is 7.99. The van der Waals surface area contributed by atoms with Crippen molar-refractivity contribution < 1.29 is 9.53 Å². The van der Waals surface area contributed by atoms with Crippen molar-refractivity contribution >= 4 is 34.4 Å². The molecule has 1 amide bonds. The SMILES string of the molecule is CC(C)(C)OC(=O)N1CCCN(c2nccc3ccc(Sc4ccccc4)cc23)CC1. The molecule has 0 atom stereocenters. The summed E-state index contributed by atoms with van der Waals surface area (Å²) in [7, 11) is 0. The summed E-state index contributed by atoms with van der Waals surface area (Å²) >= 11 is 1.76. The largest absolute Gasteiger partial charge is 0.444 e. The maximum Gasteiger partial charge on any atom is 0.410 e. The summed E-state index contributed by atoms with van der Waals surface area (Å²) in [5, 5.41) is 2.32. The predicted molar refractivity (Wildman–Crippen MR) is 127 cm³/mol. The summed E-state index contributed by atoms with van der Waals surface area (Å²) in [6.07, 6.45) is 2.52. The van der Waals surface area contributed by atoms with Gasteiger partial charge in [0.25, 0.3) is 0 Å². The van der Waals surface area contributed by atoms with Gasteiger partial charge < -0.3 is 14.5 Å². The van der Waals surface area contributed by atoms with Crippen molar-refractivity contribution in [2.24, 2.45) is 0 Å². The van der Waals surface area contributed by atoms with E-state index in [0.717, 1.165) is 30.7 Å². The summed E-state index contributed by atoms with van der Waals surface area (Å²) < 4.78 is 5.57. The number of anilines is 1. The maximum atomic E-state index is 12.5. The molecule has 2 heterocycles. The number of ether oxygens (including phenoxy) is 1. The van der Waals surface area contributed by atoms with Crippen LogP contribution in [0.25, 0.3) is 10.8 Å². The fourth-order valence-corrected chi connectivity index (χ4v) is 4.59. The second-order valence-electron chi connectivity index (χ2n) is 8.74. The summed E-state index contributed by atoms with van der Waals surface area (Å²) in [6.45, 7) is 8.64. The van der Waals surface area contributed by atoms with Crippen LogP contribution in [0.15, 0.2) is 70.6 Å². The minimum absolute atomic E-state index is 0.234. The lowest BCUT2D eigenvalue weighted by atomic mass is 10.1. The second-order valence-corrected chi connectivity index (χ2v) is 9.89. The Bertz CT molecular complexity index is 1050. The zero-order valence-electron chi connectivity index (χ0n) is 18.4. The summed E-state index contributed by atoms with van der Waals surface area (Å²) in [5.74, 6) is 0.985. The van der Waals surface area contributed by atoms with Gasteiger partial charge in [0, 0.05) is 47.6 Å². The molecule has 0 spiro atoms. The first-order valence-electron chi connectivity index (χ1n) is 10.7. The van der Waals surface area contributed by atoms with Crippen molar-refractivity contribution in [1.82, 2.24) is 9.88 Å². The van der Waals surface area contributed by atoms with Crippen LogP contribution in [0.5, 0.6) is 0 Å². The zero-order chi connectivity index (χ0) is 21.8. The van der Waals surface area contributed by atoms with Crippen molar-refractivity contribution in [2.75, 3.05) is 31.1 Å². The molecule has 0 saturated carbocycles. The number of hydrogen-bond acceptors (Lipinski definition) is 5. The molecular weight excluding hydrogens is 406 g/mol. The number of nitrogens with zero attached hydrogens (tertiary/aromatic N) is 3. The average molecular weight is 436 g/mol. The molecule has 1 fully saturated rings. The average Bonchev–Trinajstić information content (AvgIpc) is 2.99. The molecule has 4 rings (SSSR count). The van der Waals surface area contributed by atoms with Gasteiger partial charge in [-0.3, -0.25) is 0 Å². The van der Waals surface area contributed by atoms with Crippen LogP contribution < -0.4 is 4.90 Å². The highest BCUT2D eigenvalue weighted by atomic mass is 32.2. The van der Waals surface area contributed by atoms with E-state index in [2.05, 4.69) is 53.4 Å². The van der Waals surface area contributed by atoms with Crippen molar-refractivity contribution in [3.63, 3.8) is 0 Å². The van der Waals surface area contributed by atoms with Gasteiger partial charge in [0.15, 0.2) is 0 Å². The van der Waals surface area contributed by atoms with Gasteiger partial charge in [-0.15, -0.1) is 0 Å². The van der Waals surface area contributed by atoms with Crippen molar-refractivity contribution in [3.05, 3.63) is 60.8 Å². The van der Waals surface area contributed by atoms with Gasteiger partial charge in [-0.25, -0.2) is 9.78 Å². The van der Waals surface area contributed by atoms with Crippen LogP contribution in [0.4, 0.5) is 10.6 Å². The van der Waals surface area contributed by atoms with Crippen molar-refractivity contribution in [2.45, 2.75) is 42.6 Å². The van der Waals surface area contributed by atoms with E-state index in [0.29, 0.717) is 13.1 Å². The van der Waals surface area contributed by atoms with Crippen LogP contribution in [0.3, 0.4) is 0 Å². The molecule has 0 aliphatic carbocycles. The van der Waals surface area contributed by atoms with E-state index in [4.69, 9.17) is 9.72 Å². The third kappa shape index (κ3) is 5.50. The number of hydrogen-bond donors (Lipinski definition) is 0. The molecule has 6 heteroatoms. The number of carbonyl (C=O) groups is 1. The monoisotopic (exact) mass is 435 g/mol. The number of benzene rings is 2. The first-order valence-corrected chi connectivity index (χ1v) is 11.6. The van der Waals surface area contributed by atoms with Crippen LogP contribution in [0.1, 0.15) is 27.2 Å². The minimum Gasteiger partial charge on any atom is -0.444 e. The normalized spacial score (nSPS) is 15.1. The molecular formula is C25H29N3O2S. The van der Waals surface area contributed by atoms with Crippen LogP contribution in [0, 0.1) is 0 Å². The lowest BCUT2D eigenvalue weighted by Gasteiger charge is -2.27. The summed E-state index contributed by atoms with van der Waals surface area (Å²) in [5.41, 5.74) is -0.479. The van der Waals surface area contributed by atoms with E-state index in [9.17, 15) is 4.79 Å². The van der Waals surface area contributed by atoms with Gasteiger partial charge in [-0.2, -0.15) is 0 Å².